The summed E-state index contributed by atoms with van der Waals surface area (Å²) in [7, 11) is 1.67. The van der Waals surface area contributed by atoms with E-state index in [1.807, 2.05) is 64.2 Å². The van der Waals surface area contributed by atoms with E-state index >= 15 is 0 Å². The maximum Gasteiger partial charge on any atom is 0.258 e. The normalized spacial score (nSPS) is 15.2. The largest absolute Gasteiger partial charge is 0.383 e. The second-order valence-electron chi connectivity index (χ2n) is 9.12. The van der Waals surface area contributed by atoms with Crippen molar-refractivity contribution in [3.05, 3.63) is 84.4 Å². The SMILES string of the molecule is COC[C@@H]1CCCN1C(=O)CCc1cn(-c2ccccc2)c(NC(=O)c2cccc(-c3cn[nH]c3)c2)n1. The number of amides is 2. The van der Waals surface area contributed by atoms with Crippen molar-refractivity contribution in [2.75, 3.05) is 25.6 Å². The number of methoxy groups -OCH3 is 1. The van der Waals surface area contributed by atoms with Gasteiger partial charge in [-0.2, -0.15) is 5.10 Å². The second kappa shape index (κ2) is 11.2. The standard InChI is InChI=1S/C28H30N6O3/c1-37-19-25-11-6-14-33(25)26(35)13-12-23-18-34(24-9-3-2-4-10-24)28(31-23)32-27(36)21-8-5-7-20(15-21)22-16-29-30-17-22/h2-5,7-10,15-18,25H,6,11-14,19H2,1H3,(H,29,30)(H,31,32,36)/t25-/m0/s1. The Balaban J connectivity index is 1.34. The number of carbonyl (C=O) groups excluding carboxylic acids is 2. The third kappa shape index (κ3) is 5.62. The van der Waals surface area contributed by atoms with Gasteiger partial charge < -0.3 is 9.64 Å². The van der Waals surface area contributed by atoms with Crippen LogP contribution < -0.4 is 5.32 Å². The molecule has 1 aliphatic rings. The van der Waals surface area contributed by atoms with Crippen molar-refractivity contribution in [2.24, 2.45) is 0 Å². The number of H-pyrrole nitrogens is 1. The zero-order valence-corrected chi connectivity index (χ0v) is 20.8. The maximum absolute atomic E-state index is 13.2. The van der Waals surface area contributed by atoms with E-state index in [1.54, 1.807) is 25.6 Å². The van der Waals surface area contributed by atoms with Crippen LogP contribution in [0.15, 0.2) is 73.2 Å². The molecule has 5 rings (SSSR count). The highest BCUT2D eigenvalue weighted by Crippen LogP contribution is 2.23. The smallest absolute Gasteiger partial charge is 0.258 e. The minimum absolute atomic E-state index is 0.107. The van der Waals surface area contributed by atoms with Crippen molar-refractivity contribution in [2.45, 2.75) is 31.7 Å². The van der Waals surface area contributed by atoms with Crippen molar-refractivity contribution >= 4 is 17.8 Å². The van der Waals surface area contributed by atoms with Crippen LogP contribution in [0.4, 0.5) is 5.95 Å². The van der Waals surface area contributed by atoms with Gasteiger partial charge in [-0.1, -0.05) is 30.3 Å². The van der Waals surface area contributed by atoms with Crippen molar-refractivity contribution in [3.8, 4) is 16.8 Å². The van der Waals surface area contributed by atoms with Gasteiger partial charge in [0.1, 0.15) is 0 Å². The zero-order valence-electron chi connectivity index (χ0n) is 20.8. The monoisotopic (exact) mass is 498 g/mol. The number of likely N-dealkylation sites (tertiary alicyclic amines) is 1. The highest BCUT2D eigenvalue weighted by Gasteiger charge is 2.28. The number of nitrogens with one attached hydrogen (secondary N) is 2. The fourth-order valence-corrected chi connectivity index (χ4v) is 4.75. The van der Waals surface area contributed by atoms with E-state index in [1.165, 1.54) is 0 Å². The van der Waals surface area contributed by atoms with Crippen LogP contribution in [0.1, 0.15) is 35.3 Å². The third-order valence-electron chi connectivity index (χ3n) is 6.62. The van der Waals surface area contributed by atoms with Crippen LogP contribution in [-0.2, 0) is 16.0 Å². The number of anilines is 1. The van der Waals surface area contributed by atoms with Crippen LogP contribution in [0.3, 0.4) is 0 Å². The van der Waals surface area contributed by atoms with Crippen molar-refractivity contribution in [3.63, 3.8) is 0 Å². The molecule has 2 amide bonds. The second-order valence-corrected chi connectivity index (χ2v) is 9.12. The number of rotatable bonds is 9. The lowest BCUT2D eigenvalue weighted by Crippen LogP contribution is -2.38. The molecule has 37 heavy (non-hydrogen) atoms. The van der Waals surface area contributed by atoms with Gasteiger partial charge in [0.15, 0.2) is 0 Å². The summed E-state index contributed by atoms with van der Waals surface area (Å²) in [5.74, 6) is 0.247. The van der Waals surface area contributed by atoms with Gasteiger partial charge in [0, 0.05) is 55.7 Å². The number of hydrogen-bond donors (Lipinski definition) is 2. The summed E-state index contributed by atoms with van der Waals surface area (Å²) in [6.07, 6.45) is 8.19. The molecule has 1 saturated heterocycles. The molecular weight excluding hydrogens is 468 g/mol. The first-order valence-corrected chi connectivity index (χ1v) is 12.4. The summed E-state index contributed by atoms with van der Waals surface area (Å²) in [4.78, 5) is 32.7. The lowest BCUT2D eigenvalue weighted by molar-refractivity contribution is -0.132. The Labute approximate surface area is 215 Å². The summed E-state index contributed by atoms with van der Waals surface area (Å²) in [6.45, 7) is 1.33. The molecule has 0 aliphatic carbocycles. The van der Waals surface area contributed by atoms with Crippen LogP contribution in [0, 0.1) is 0 Å². The maximum atomic E-state index is 13.2. The van der Waals surface area contributed by atoms with E-state index in [-0.39, 0.29) is 17.9 Å². The molecule has 2 N–H and O–H groups in total. The molecule has 2 aromatic carbocycles. The number of ether oxygens (including phenoxy) is 1. The minimum atomic E-state index is -0.268. The van der Waals surface area contributed by atoms with Gasteiger partial charge in [0.05, 0.1) is 24.5 Å². The predicted octanol–water partition coefficient (Wildman–Crippen LogP) is 4.08. The van der Waals surface area contributed by atoms with Gasteiger partial charge in [-0.15, -0.1) is 0 Å². The highest BCUT2D eigenvalue weighted by atomic mass is 16.5. The van der Waals surface area contributed by atoms with Crippen LogP contribution in [0.25, 0.3) is 16.8 Å². The summed E-state index contributed by atoms with van der Waals surface area (Å²) in [5.41, 5.74) is 3.91. The number of carbonyl (C=O) groups is 2. The molecule has 0 saturated carbocycles. The predicted molar refractivity (Wildman–Crippen MR) is 140 cm³/mol. The number of aromatic nitrogens is 4. The fourth-order valence-electron chi connectivity index (χ4n) is 4.75. The molecule has 0 unspecified atom stereocenters. The molecule has 9 nitrogen and oxygen atoms in total. The molecule has 1 fully saturated rings. The van der Waals surface area contributed by atoms with Gasteiger partial charge in [-0.3, -0.25) is 24.6 Å². The molecule has 0 radical (unpaired) electrons. The number of aromatic amines is 1. The van der Waals surface area contributed by atoms with E-state index < -0.39 is 0 Å². The van der Waals surface area contributed by atoms with E-state index in [0.717, 1.165) is 41.9 Å². The topological polar surface area (TPSA) is 105 Å². The van der Waals surface area contributed by atoms with Crippen molar-refractivity contribution in [1.82, 2.24) is 24.6 Å². The molecule has 2 aromatic heterocycles. The summed E-state index contributed by atoms with van der Waals surface area (Å²) >= 11 is 0. The van der Waals surface area contributed by atoms with Gasteiger partial charge in [-0.25, -0.2) is 4.98 Å². The quantitative estimate of drug-likeness (QED) is 0.362. The van der Waals surface area contributed by atoms with E-state index in [2.05, 4.69) is 15.5 Å². The van der Waals surface area contributed by atoms with Crippen molar-refractivity contribution < 1.29 is 14.3 Å². The minimum Gasteiger partial charge on any atom is -0.383 e. The van der Waals surface area contributed by atoms with Crippen LogP contribution in [0.5, 0.6) is 0 Å². The average Bonchev–Trinajstić information content (AvgIpc) is 3.70. The summed E-state index contributed by atoms with van der Waals surface area (Å²) in [6, 6.07) is 17.2. The lowest BCUT2D eigenvalue weighted by Gasteiger charge is -2.24. The fraction of sp³-hybridized carbons (Fsp3) is 0.286. The Hall–Kier alpha value is -4.24. The van der Waals surface area contributed by atoms with Gasteiger partial charge in [0.25, 0.3) is 5.91 Å². The first-order chi connectivity index (χ1) is 18.1. The molecule has 3 heterocycles. The molecule has 9 heteroatoms. The summed E-state index contributed by atoms with van der Waals surface area (Å²) < 4.78 is 7.13. The molecule has 1 aliphatic heterocycles. The number of para-hydroxylation sites is 1. The number of imidazole rings is 1. The Kier molecular flexibility index (Phi) is 7.41. The van der Waals surface area contributed by atoms with Gasteiger partial charge >= 0.3 is 0 Å². The molecule has 1 atom stereocenters. The Morgan fingerprint density at radius 2 is 2.00 bits per heavy atom. The van der Waals surface area contributed by atoms with E-state index in [9.17, 15) is 9.59 Å². The van der Waals surface area contributed by atoms with Crippen LogP contribution in [0.2, 0.25) is 0 Å². The molecule has 0 bridgehead atoms. The van der Waals surface area contributed by atoms with Gasteiger partial charge in [0.2, 0.25) is 11.9 Å². The Morgan fingerprint density at radius 3 is 2.78 bits per heavy atom. The molecule has 190 valence electrons. The van der Waals surface area contributed by atoms with E-state index in [0.29, 0.717) is 31.0 Å². The van der Waals surface area contributed by atoms with Crippen molar-refractivity contribution in [1.29, 1.82) is 0 Å². The Morgan fingerprint density at radius 1 is 1.14 bits per heavy atom. The molecule has 0 spiro atoms. The van der Waals surface area contributed by atoms with Gasteiger partial charge in [-0.05, 0) is 42.7 Å². The number of benzene rings is 2. The van der Waals surface area contributed by atoms with Crippen LogP contribution >= 0.6 is 0 Å². The molecular formula is C28H30N6O3. The van der Waals surface area contributed by atoms with E-state index in [4.69, 9.17) is 9.72 Å². The highest BCUT2D eigenvalue weighted by molar-refractivity contribution is 6.04. The number of aryl methyl sites for hydroxylation is 1. The number of nitrogens with zero attached hydrogens (tertiary/aromatic N) is 4. The Bertz CT molecular complexity index is 1350. The number of hydrogen-bond acceptors (Lipinski definition) is 5. The molecule has 4 aromatic rings. The summed E-state index contributed by atoms with van der Waals surface area (Å²) in [5, 5.41) is 9.74. The zero-order chi connectivity index (χ0) is 25.6. The first kappa shape index (κ1) is 24.5. The average molecular weight is 499 g/mol. The lowest BCUT2D eigenvalue weighted by atomic mass is 10.1. The third-order valence-corrected chi connectivity index (χ3v) is 6.62. The van der Waals surface area contributed by atoms with Crippen LogP contribution in [-0.4, -0.2) is 62.8 Å². The first-order valence-electron chi connectivity index (χ1n) is 12.4.